The van der Waals surface area contributed by atoms with Crippen LogP contribution in [-0.4, -0.2) is 17.7 Å². The van der Waals surface area contributed by atoms with Gasteiger partial charge in [-0.05, 0) is 36.4 Å². The molecule has 0 saturated heterocycles. The van der Waals surface area contributed by atoms with Crippen molar-refractivity contribution in [2.24, 2.45) is 0 Å². The van der Waals surface area contributed by atoms with E-state index >= 15 is 0 Å². The zero-order valence-electron chi connectivity index (χ0n) is 13.2. The Hall–Kier alpha value is -2.93. The maximum Gasteiger partial charge on any atom is 0.344 e. The SMILES string of the molecule is O=C(COc1ccc(Cl)cc1)OCc1cc(-c2ccc(F)cc2F)on1. The molecule has 0 aliphatic carbocycles. The van der Waals surface area contributed by atoms with Crippen LogP contribution in [0.1, 0.15) is 5.69 Å². The molecule has 2 aromatic carbocycles. The van der Waals surface area contributed by atoms with Crippen LogP contribution in [0, 0.1) is 11.6 Å². The molecule has 0 aliphatic heterocycles. The number of hydrogen-bond acceptors (Lipinski definition) is 5. The minimum absolute atomic E-state index is 0.0579. The smallest absolute Gasteiger partial charge is 0.344 e. The number of aromatic nitrogens is 1. The molecule has 0 atom stereocenters. The van der Waals surface area contributed by atoms with E-state index in [9.17, 15) is 13.6 Å². The molecule has 0 unspecified atom stereocenters. The van der Waals surface area contributed by atoms with Crippen LogP contribution in [0.5, 0.6) is 5.75 Å². The summed E-state index contributed by atoms with van der Waals surface area (Å²) in [6.07, 6.45) is 0. The molecule has 0 radical (unpaired) electrons. The Labute approximate surface area is 152 Å². The van der Waals surface area contributed by atoms with Gasteiger partial charge in [0.15, 0.2) is 12.4 Å². The summed E-state index contributed by atoms with van der Waals surface area (Å²) in [6, 6.07) is 11.0. The van der Waals surface area contributed by atoms with Gasteiger partial charge in [-0.3, -0.25) is 0 Å². The van der Waals surface area contributed by atoms with Gasteiger partial charge in [0.2, 0.25) is 0 Å². The number of halogens is 3. The number of carbonyl (C=O) groups excluding carboxylic acids is 1. The lowest BCUT2D eigenvalue weighted by atomic mass is 10.1. The minimum atomic E-state index is -0.777. The van der Waals surface area contributed by atoms with E-state index in [4.69, 9.17) is 25.6 Å². The predicted octanol–water partition coefficient (Wildman–Crippen LogP) is 4.40. The number of carbonyl (C=O) groups is 1. The number of rotatable bonds is 6. The topological polar surface area (TPSA) is 61.6 Å². The van der Waals surface area contributed by atoms with E-state index in [0.29, 0.717) is 10.8 Å². The van der Waals surface area contributed by atoms with Crippen LogP contribution in [0.2, 0.25) is 5.02 Å². The van der Waals surface area contributed by atoms with Crippen LogP contribution in [0.15, 0.2) is 53.1 Å². The zero-order chi connectivity index (χ0) is 18.5. The first kappa shape index (κ1) is 17.9. The number of benzene rings is 2. The van der Waals surface area contributed by atoms with Crippen LogP contribution in [0.3, 0.4) is 0 Å². The Balaban J connectivity index is 1.52. The number of hydrogen-bond donors (Lipinski definition) is 0. The summed E-state index contributed by atoms with van der Waals surface area (Å²) >= 11 is 5.75. The molecule has 1 heterocycles. The van der Waals surface area contributed by atoms with Gasteiger partial charge in [-0.1, -0.05) is 16.8 Å². The minimum Gasteiger partial charge on any atom is -0.482 e. The van der Waals surface area contributed by atoms with Crippen molar-refractivity contribution in [3.05, 3.63) is 70.9 Å². The van der Waals surface area contributed by atoms with Crippen molar-refractivity contribution in [2.45, 2.75) is 6.61 Å². The molecular formula is C18H12ClF2NO4. The highest BCUT2D eigenvalue weighted by atomic mass is 35.5. The Morgan fingerprint density at radius 3 is 2.62 bits per heavy atom. The lowest BCUT2D eigenvalue weighted by Gasteiger charge is -2.05. The van der Waals surface area contributed by atoms with E-state index in [1.54, 1.807) is 24.3 Å². The van der Waals surface area contributed by atoms with E-state index in [1.807, 2.05) is 0 Å². The van der Waals surface area contributed by atoms with Crippen LogP contribution < -0.4 is 4.74 Å². The standard InChI is InChI=1S/C18H12ClF2NO4/c19-11-1-4-14(5-2-11)24-10-18(23)25-9-13-8-17(26-22-13)15-6-3-12(20)7-16(15)21/h1-8H,9-10H2. The summed E-state index contributed by atoms with van der Waals surface area (Å²) in [6.45, 7) is -0.464. The van der Waals surface area contributed by atoms with E-state index in [1.165, 1.54) is 12.1 Å². The quantitative estimate of drug-likeness (QED) is 0.594. The van der Waals surface area contributed by atoms with Gasteiger partial charge in [0.05, 0.1) is 5.56 Å². The average Bonchev–Trinajstić information content (AvgIpc) is 3.08. The third-order valence-corrected chi connectivity index (χ3v) is 3.56. The second-order valence-electron chi connectivity index (χ2n) is 5.21. The molecule has 0 bridgehead atoms. The maximum absolute atomic E-state index is 13.7. The number of esters is 1. The Morgan fingerprint density at radius 2 is 1.88 bits per heavy atom. The van der Waals surface area contributed by atoms with Gasteiger partial charge in [0, 0.05) is 17.2 Å². The summed E-state index contributed by atoms with van der Waals surface area (Å²) < 4.78 is 41.9. The number of nitrogens with zero attached hydrogens (tertiary/aromatic N) is 1. The largest absolute Gasteiger partial charge is 0.482 e. The molecule has 5 nitrogen and oxygen atoms in total. The lowest BCUT2D eigenvalue weighted by Crippen LogP contribution is -2.14. The maximum atomic E-state index is 13.7. The van der Waals surface area contributed by atoms with Crippen LogP contribution >= 0.6 is 11.6 Å². The summed E-state index contributed by atoms with van der Waals surface area (Å²) in [5, 5.41) is 4.24. The van der Waals surface area contributed by atoms with Crippen molar-refractivity contribution in [3.63, 3.8) is 0 Å². The molecule has 0 saturated carbocycles. The van der Waals surface area contributed by atoms with E-state index in [0.717, 1.165) is 12.1 Å². The van der Waals surface area contributed by atoms with Crippen molar-refractivity contribution < 1.29 is 27.6 Å². The fourth-order valence-corrected chi connectivity index (χ4v) is 2.19. The molecule has 0 amide bonds. The normalized spacial score (nSPS) is 10.6. The van der Waals surface area contributed by atoms with Gasteiger partial charge >= 0.3 is 5.97 Å². The van der Waals surface area contributed by atoms with Gasteiger partial charge in [0.25, 0.3) is 0 Å². The molecule has 0 aliphatic rings. The van der Waals surface area contributed by atoms with E-state index < -0.39 is 17.6 Å². The van der Waals surface area contributed by atoms with Gasteiger partial charge in [-0.15, -0.1) is 0 Å². The molecule has 3 rings (SSSR count). The van der Waals surface area contributed by atoms with Crippen molar-refractivity contribution in [1.82, 2.24) is 5.16 Å². The predicted molar refractivity (Wildman–Crippen MR) is 88.6 cm³/mol. The molecule has 3 aromatic rings. The Bertz CT molecular complexity index is 912. The Morgan fingerprint density at radius 1 is 1.12 bits per heavy atom. The summed E-state index contributed by atoms with van der Waals surface area (Å²) in [7, 11) is 0. The third kappa shape index (κ3) is 4.58. The van der Waals surface area contributed by atoms with Crippen LogP contribution in [0.4, 0.5) is 8.78 Å². The molecule has 1 aromatic heterocycles. The van der Waals surface area contributed by atoms with Gasteiger partial charge in [-0.25, -0.2) is 13.6 Å². The van der Waals surface area contributed by atoms with Crippen molar-refractivity contribution in [3.8, 4) is 17.1 Å². The van der Waals surface area contributed by atoms with Crippen molar-refractivity contribution in [1.29, 1.82) is 0 Å². The highest BCUT2D eigenvalue weighted by Gasteiger charge is 2.13. The monoisotopic (exact) mass is 379 g/mol. The van der Waals surface area contributed by atoms with Gasteiger partial charge in [-0.2, -0.15) is 0 Å². The fraction of sp³-hybridized carbons (Fsp3) is 0.111. The average molecular weight is 380 g/mol. The lowest BCUT2D eigenvalue weighted by molar-refractivity contribution is -0.147. The molecule has 0 fully saturated rings. The first-order valence-electron chi connectivity index (χ1n) is 7.46. The molecule has 0 spiro atoms. The van der Waals surface area contributed by atoms with Crippen molar-refractivity contribution in [2.75, 3.05) is 6.61 Å². The highest BCUT2D eigenvalue weighted by Crippen LogP contribution is 2.24. The Kier molecular flexibility index (Phi) is 5.48. The van der Waals surface area contributed by atoms with E-state index in [-0.39, 0.29) is 30.2 Å². The first-order chi connectivity index (χ1) is 12.5. The fourth-order valence-electron chi connectivity index (χ4n) is 2.07. The van der Waals surface area contributed by atoms with Crippen LogP contribution in [-0.2, 0) is 16.1 Å². The number of ether oxygens (including phenoxy) is 2. The van der Waals surface area contributed by atoms with Crippen LogP contribution in [0.25, 0.3) is 11.3 Å². The third-order valence-electron chi connectivity index (χ3n) is 3.31. The molecule has 8 heteroatoms. The van der Waals surface area contributed by atoms with E-state index in [2.05, 4.69) is 5.16 Å². The highest BCUT2D eigenvalue weighted by molar-refractivity contribution is 6.30. The summed E-state index contributed by atoms with van der Waals surface area (Å²) in [5.74, 6) is -1.51. The van der Waals surface area contributed by atoms with Crippen molar-refractivity contribution >= 4 is 17.6 Å². The first-order valence-corrected chi connectivity index (χ1v) is 7.84. The van der Waals surface area contributed by atoms with Gasteiger partial charge in [0.1, 0.15) is 29.7 Å². The van der Waals surface area contributed by atoms with Gasteiger partial charge < -0.3 is 14.0 Å². The molecular weight excluding hydrogens is 368 g/mol. The zero-order valence-corrected chi connectivity index (χ0v) is 14.0. The summed E-state index contributed by atoms with van der Waals surface area (Å²) in [5.41, 5.74) is 0.339. The summed E-state index contributed by atoms with van der Waals surface area (Å²) in [4.78, 5) is 11.7. The second kappa shape index (κ2) is 7.97. The molecule has 0 N–H and O–H groups in total. The molecule has 26 heavy (non-hydrogen) atoms. The molecule has 134 valence electrons. The second-order valence-corrected chi connectivity index (χ2v) is 5.65.